The van der Waals surface area contributed by atoms with Crippen molar-refractivity contribution in [1.29, 1.82) is 0 Å². The lowest BCUT2D eigenvalue weighted by Crippen LogP contribution is -2.42. The summed E-state index contributed by atoms with van der Waals surface area (Å²) in [5.74, 6) is -0.536. The molecule has 0 aliphatic carbocycles. The van der Waals surface area contributed by atoms with Crippen molar-refractivity contribution in [2.24, 2.45) is 0 Å². The van der Waals surface area contributed by atoms with Crippen molar-refractivity contribution < 1.29 is 9.53 Å². The van der Waals surface area contributed by atoms with Crippen molar-refractivity contribution in [3.63, 3.8) is 0 Å². The Labute approximate surface area is 181 Å². The van der Waals surface area contributed by atoms with Gasteiger partial charge < -0.3 is 10.5 Å². The van der Waals surface area contributed by atoms with Crippen LogP contribution in [0.5, 0.6) is 0 Å². The largest absolute Gasteiger partial charge is 0.383 e. The molecule has 2 aromatic carbocycles. The summed E-state index contributed by atoms with van der Waals surface area (Å²) in [5.41, 5.74) is 5.95. The van der Waals surface area contributed by atoms with Crippen LogP contribution in [0.1, 0.15) is 15.9 Å². The fourth-order valence-corrected chi connectivity index (χ4v) is 3.49. The topological polar surface area (TPSA) is 110 Å². The average molecular weight is 473 g/mol. The molecule has 0 fully saturated rings. The Hall–Kier alpha value is -3.17. The van der Waals surface area contributed by atoms with Gasteiger partial charge in [-0.3, -0.25) is 24.0 Å². The molecular weight excluding hydrogens is 452 g/mol. The van der Waals surface area contributed by atoms with Gasteiger partial charge in [-0.2, -0.15) is 0 Å². The fraction of sp³-hybridized carbons (Fsp3) is 0.190. The third-order valence-corrected chi connectivity index (χ3v) is 5.23. The number of benzene rings is 2. The number of anilines is 2. The number of nitrogens with one attached hydrogen (secondary N) is 1. The molecule has 0 aliphatic heterocycles. The number of carbonyl (C=O) groups is 1. The van der Waals surface area contributed by atoms with Gasteiger partial charge in [0.15, 0.2) is 5.69 Å². The van der Waals surface area contributed by atoms with Gasteiger partial charge in [0.1, 0.15) is 5.82 Å². The van der Waals surface area contributed by atoms with Gasteiger partial charge in [-0.25, -0.2) is 4.79 Å². The summed E-state index contributed by atoms with van der Waals surface area (Å²) in [6, 6.07) is 16.1. The number of nitrogens with two attached hydrogens (primary N) is 1. The lowest BCUT2D eigenvalue weighted by atomic mass is 10.2. The number of nitrogens with zero attached hydrogens (tertiary/aromatic N) is 2. The lowest BCUT2D eigenvalue weighted by Gasteiger charge is -2.24. The number of ether oxygens (including phenoxy) is 1. The van der Waals surface area contributed by atoms with E-state index in [1.54, 1.807) is 24.3 Å². The van der Waals surface area contributed by atoms with Crippen LogP contribution in [-0.4, -0.2) is 35.7 Å². The molecule has 0 atom stereocenters. The predicted octanol–water partition coefficient (Wildman–Crippen LogP) is 2.22. The highest BCUT2D eigenvalue weighted by atomic mass is 79.9. The first kappa shape index (κ1) is 21.5. The zero-order valence-electron chi connectivity index (χ0n) is 16.3. The molecular formula is C21H21BrN4O4. The first-order chi connectivity index (χ1) is 14.4. The molecule has 1 aromatic heterocycles. The normalized spacial score (nSPS) is 10.7. The second kappa shape index (κ2) is 9.55. The SMILES string of the molecule is COCCN(C(=O)c1ccccc1Br)c1c(N)n(Cc2ccccc2)c(=O)[nH]c1=O. The van der Waals surface area contributed by atoms with Gasteiger partial charge in [0, 0.05) is 18.1 Å². The Kier molecular flexibility index (Phi) is 6.86. The van der Waals surface area contributed by atoms with E-state index in [1.165, 1.54) is 16.6 Å². The molecule has 9 heteroatoms. The minimum absolute atomic E-state index is 0.0769. The molecule has 0 radical (unpaired) electrons. The number of amides is 1. The van der Waals surface area contributed by atoms with E-state index in [0.717, 1.165) is 5.56 Å². The monoisotopic (exact) mass is 472 g/mol. The van der Waals surface area contributed by atoms with Crippen LogP contribution in [0.4, 0.5) is 11.5 Å². The number of halogens is 1. The summed E-state index contributed by atoms with van der Waals surface area (Å²) in [5, 5.41) is 0. The van der Waals surface area contributed by atoms with Crippen molar-refractivity contribution in [2.45, 2.75) is 6.54 Å². The molecule has 8 nitrogen and oxygen atoms in total. The third-order valence-electron chi connectivity index (χ3n) is 4.54. The Morgan fingerprint density at radius 3 is 2.47 bits per heavy atom. The Morgan fingerprint density at radius 2 is 1.80 bits per heavy atom. The zero-order chi connectivity index (χ0) is 21.7. The van der Waals surface area contributed by atoms with E-state index in [9.17, 15) is 14.4 Å². The molecule has 0 saturated heterocycles. The standard InChI is InChI=1S/C21H21BrN4O4/c1-30-12-11-25(20(28)15-9-5-6-10-16(15)22)17-18(23)26(21(29)24-19(17)27)13-14-7-3-2-4-8-14/h2-10H,11-13,23H2,1H3,(H,24,27,29). The van der Waals surface area contributed by atoms with Crippen LogP contribution in [0, 0.1) is 0 Å². The second-order valence-electron chi connectivity index (χ2n) is 6.49. The predicted molar refractivity (Wildman–Crippen MR) is 119 cm³/mol. The van der Waals surface area contributed by atoms with Crippen molar-refractivity contribution in [3.05, 3.63) is 91.0 Å². The third kappa shape index (κ3) is 4.52. The highest BCUT2D eigenvalue weighted by Crippen LogP contribution is 2.23. The maximum Gasteiger partial charge on any atom is 0.330 e. The van der Waals surface area contributed by atoms with Gasteiger partial charge in [0.25, 0.3) is 11.5 Å². The highest BCUT2D eigenvalue weighted by molar-refractivity contribution is 9.10. The summed E-state index contributed by atoms with van der Waals surface area (Å²) in [6.07, 6.45) is 0. The number of aromatic amines is 1. The molecule has 1 heterocycles. The molecule has 3 N–H and O–H groups in total. The van der Waals surface area contributed by atoms with Gasteiger partial charge in [0.05, 0.1) is 18.7 Å². The zero-order valence-corrected chi connectivity index (χ0v) is 17.9. The molecule has 30 heavy (non-hydrogen) atoms. The molecule has 0 spiro atoms. The number of hydrogen-bond acceptors (Lipinski definition) is 5. The van der Waals surface area contributed by atoms with E-state index >= 15 is 0 Å². The van der Waals surface area contributed by atoms with Gasteiger partial charge in [-0.1, -0.05) is 42.5 Å². The van der Waals surface area contributed by atoms with E-state index in [0.29, 0.717) is 10.0 Å². The number of carbonyl (C=O) groups excluding carboxylic acids is 1. The number of nitrogen functional groups attached to an aromatic ring is 1. The second-order valence-corrected chi connectivity index (χ2v) is 7.35. The maximum atomic E-state index is 13.3. The van der Waals surface area contributed by atoms with Gasteiger partial charge in [-0.15, -0.1) is 0 Å². The van der Waals surface area contributed by atoms with Gasteiger partial charge >= 0.3 is 5.69 Å². The molecule has 0 saturated carbocycles. The minimum atomic E-state index is -0.738. The van der Waals surface area contributed by atoms with Gasteiger partial charge in [-0.05, 0) is 33.6 Å². The Bertz CT molecular complexity index is 1160. The Morgan fingerprint density at radius 1 is 1.13 bits per heavy atom. The molecule has 3 aromatic rings. The minimum Gasteiger partial charge on any atom is -0.383 e. The number of H-pyrrole nitrogens is 1. The summed E-state index contributed by atoms with van der Waals surface area (Å²) < 4.78 is 6.92. The van der Waals surface area contributed by atoms with Crippen molar-refractivity contribution in [2.75, 3.05) is 30.9 Å². The van der Waals surface area contributed by atoms with Crippen molar-refractivity contribution >= 4 is 33.3 Å². The van der Waals surface area contributed by atoms with E-state index in [1.807, 2.05) is 30.3 Å². The van der Waals surface area contributed by atoms with Crippen LogP contribution in [-0.2, 0) is 11.3 Å². The average Bonchev–Trinajstić information content (AvgIpc) is 2.74. The molecule has 3 rings (SSSR count). The summed E-state index contributed by atoms with van der Waals surface area (Å²) in [6.45, 7) is 0.400. The first-order valence-electron chi connectivity index (χ1n) is 9.16. The van der Waals surface area contributed by atoms with Crippen LogP contribution >= 0.6 is 15.9 Å². The summed E-state index contributed by atoms with van der Waals surface area (Å²) >= 11 is 3.36. The van der Waals surface area contributed by atoms with Crippen molar-refractivity contribution in [3.8, 4) is 0 Å². The fourth-order valence-electron chi connectivity index (χ4n) is 3.04. The lowest BCUT2D eigenvalue weighted by molar-refractivity contribution is 0.0975. The quantitative estimate of drug-likeness (QED) is 0.547. The molecule has 0 aliphatic rings. The van der Waals surface area contributed by atoms with Crippen LogP contribution in [0.3, 0.4) is 0 Å². The molecule has 0 bridgehead atoms. The summed E-state index contributed by atoms with van der Waals surface area (Å²) in [4.78, 5) is 41.9. The van der Waals surface area contributed by atoms with Crippen LogP contribution in [0.2, 0.25) is 0 Å². The highest BCUT2D eigenvalue weighted by Gasteiger charge is 2.26. The Balaban J connectivity index is 2.12. The number of rotatable bonds is 7. The maximum absolute atomic E-state index is 13.3. The van der Waals surface area contributed by atoms with Gasteiger partial charge in [0.2, 0.25) is 0 Å². The smallest absolute Gasteiger partial charge is 0.330 e. The number of hydrogen-bond donors (Lipinski definition) is 2. The van der Waals surface area contributed by atoms with Crippen molar-refractivity contribution in [1.82, 2.24) is 9.55 Å². The molecule has 156 valence electrons. The summed E-state index contributed by atoms with van der Waals surface area (Å²) in [7, 11) is 1.49. The van der Waals surface area contributed by atoms with E-state index in [4.69, 9.17) is 10.5 Å². The van der Waals surface area contributed by atoms with Crippen LogP contribution in [0.25, 0.3) is 0 Å². The van der Waals surface area contributed by atoms with E-state index < -0.39 is 17.2 Å². The van der Waals surface area contributed by atoms with Crippen LogP contribution < -0.4 is 21.9 Å². The number of methoxy groups -OCH3 is 1. The number of aromatic nitrogens is 2. The first-order valence-corrected chi connectivity index (χ1v) is 9.95. The molecule has 1 amide bonds. The van der Waals surface area contributed by atoms with E-state index in [2.05, 4.69) is 20.9 Å². The van der Waals surface area contributed by atoms with E-state index in [-0.39, 0.29) is 31.2 Å². The van der Waals surface area contributed by atoms with Crippen LogP contribution in [0.15, 0.2) is 68.7 Å². The molecule has 0 unspecified atom stereocenters.